The highest BCUT2D eigenvalue weighted by atomic mass is 79.9. The topological polar surface area (TPSA) is 60.7 Å². The molecule has 0 N–H and O–H groups in total. The van der Waals surface area contributed by atoms with E-state index < -0.39 is 5.41 Å². The fourth-order valence-corrected chi connectivity index (χ4v) is 1.89. The van der Waals surface area contributed by atoms with Crippen LogP contribution in [-0.4, -0.2) is 26.0 Å². The third-order valence-electron chi connectivity index (χ3n) is 2.69. The van der Waals surface area contributed by atoms with E-state index in [2.05, 4.69) is 31.3 Å². The van der Waals surface area contributed by atoms with Crippen LogP contribution in [0.2, 0.25) is 0 Å². The molecule has 2 rings (SSSR count). The largest absolute Gasteiger partial charge is 0.297 e. The minimum absolute atomic E-state index is 0.0728. The second-order valence-corrected chi connectivity index (χ2v) is 6.15. The summed E-state index contributed by atoms with van der Waals surface area (Å²) in [4.78, 5) is 13.2. The summed E-state index contributed by atoms with van der Waals surface area (Å²) in [6.07, 6.45) is 0. The van der Waals surface area contributed by atoms with Crippen molar-refractivity contribution in [2.45, 2.75) is 27.3 Å². The molecule has 0 saturated heterocycles. The summed E-state index contributed by atoms with van der Waals surface area (Å²) in [7, 11) is 0. The number of benzene rings is 1. The van der Waals surface area contributed by atoms with Crippen LogP contribution in [0.1, 0.15) is 20.8 Å². The van der Waals surface area contributed by atoms with Gasteiger partial charge in [-0.15, -0.1) is 10.2 Å². The molecule has 0 radical (unpaired) electrons. The zero-order chi connectivity index (χ0) is 14.0. The molecule has 1 aromatic carbocycles. The van der Waals surface area contributed by atoms with Crippen molar-refractivity contribution in [2.24, 2.45) is 5.41 Å². The van der Waals surface area contributed by atoms with E-state index in [0.717, 1.165) is 10.0 Å². The lowest BCUT2D eigenvalue weighted by Crippen LogP contribution is -2.26. The van der Waals surface area contributed by atoms with E-state index in [1.54, 1.807) is 0 Å². The number of aromatic nitrogens is 4. The monoisotopic (exact) mass is 322 g/mol. The Kier molecular flexibility index (Phi) is 3.80. The molecular formula is C13H15BrN4O. The average molecular weight is 323 g/mol. The van der Waals surface area contributed by atoms with Crippen molar-refractivity contribution < 1.29 is 4.79 Å². The average Bonchev–Trinajstić information content (AvgIpc) is 2.76. The van der Waals surface area contributed by atoms with Crippen molar-refractivity contribution in [1.29, 1.82) is 0 Å². The van der Waals surface area contributed by atoms with Crippen molar-refractivity contribution in [3.63, 3.8) is 0 Å². The van der Waals surface area contributed by atoms with Crippen molar-refractivity contribution in [1.82, 2.24) is 20.2 Å². The van der Waals surface area contributed by atoms with E-state index in [1.165, 1.54) is 4.80 Å². The van der Waals surface area contributed by atoms with E-state index >= 15 is 0 Å². The second kappa shape index (κ2) is 5.21. The number of carbonyl (C=O) groups excluding carboxylic acids is 1. The Labute approximate surface area is 120 Å². The predicted octanol–water partition coefficient (Wildman–Crippen LogP) is 2.72. The Bertz CT molecular complexity index is 601. The fourth-order valence-electron chi connectivity index (χ4n) is 1.43. The third kappa shape index (κ3) is 3.26. The van der Waals surface area contributed by atoms with Crippen molar-refractivity contribution in [2.75, 3.05) is 0 Å². The SMILES string of the molecule is CC(C)(C)C(=O)Cn1nnc(-c2ccccc2Br)n1. The molecule has 0 aliphatic rings. The maximum absolute atomic E-state index is 11.9. The van der Waals surface area contributed by atoms with Gasteiger partial charge in [0.15, 0.2) is 5.78 Å². The zero-order valence-electron chi connectivity index (χ0n) is 11.1. The Morgan fingerprint density at radius 1 is 1.32 bits per heavy atom. The van der Waals surface area contributed by atoms with Crippen LogP contribution < -0.4 is 0 Å². The number of carbonyl (C=O) groups is 1. The lowest BCUT2D eigenvalue weighted by molar-refractivity contribution is -0.127. The van der Waals surface area contributed by atoms with Gasteiger partial charge in [0.2, 0.25) is 5.82 Å². The van der Waals surface area contributed by atoms with Gasteiger partial charge in [-0.3, -0.25) is 4.79 Å². The number of nitrogens with zero attached hydrogens (tertiary/aromatic N) is 4. The van der Waals surface area contributed by atoms with Gasteiger partial charge in [-0.05, 0) is 17.3 Å². The van der Waals surface area contributed by atoms with E-state index in [9.17, 15) is 4.79 Å². The van der Waals surface area contributed by atoms with Crippen molar-refractivity contribution >= 4 is 21.7 Å². The normalized spacial score (nSPS) is 11.6. The molecule has 0 amide bonds. The highest BCUT2D eigenvalue weighted by Crippen LogP contribution is 2.24. The zero-order valence-corrected chi connectivity index (χ0v) is 12.7. The van der Waals surface area contributed by atoms with Crippen LogP contribution in [-0.2, 0) is 11.3 Å². The predicted molar refractivity (Wildman–Crippen MR) is 75.4 cm³/mol. The molecule has 1 heterocycles. The standard InChI is InChI=1S/C13H15BrN4O/c1-13(2,3)11(19)8-18-16-12(15-17-18)9-6-4-5-7-10(9)14/h4-7H,8H2,1-3H3. The van der Waals surface area contributed by atoms with Crippen LogP contribution in [0, 0.1) is 5.41 Å². The van der Waals surface area contributed by atoms with Crippen LogP contribution in [0.4, 0.5) is 0 Å². The summed E-state index contributed by atoms with van der Waals surface area (Å²) in [5, 5.41) is 12.1. The summed E-state index contributed by atoms with van der Waals surface area (Å²) in [5.74, 6) is 0.581. The van der Waals surface area contributed by atoms with Gasteiger partial charge >= 0.3 is 0 Å². The van der Waals surface area contributed by atoms with Gasteiger partial charge in [0.25, 0.3) is 0 Å². The number of hydrogen-bond acceptors (Lipinski definition) is 4. The smallest absolute Gasteiger partial charge is 0.206 e. The molecular weight excluding hydrogens is 308 g/mol. The Balaban J connectivity index is 2.21. The lowest BCUT2D eigenvalue weighted by Gasteiger charge is -2.15. The molecule has 0 saturated carbocycles. The minimum Gasteiger partial charge on any atom is -0.297 e. The number of halogens is 1. The first-order chi connectivity index (χ1) is 8.88. The Morgan fingerprint density at radius 3 is 2.63 bits per heavy atom. The van der Waals surface area contributed by atoms with Crippen molar-refractivity contribution in [3.05, 3.63) is 28.7 Å². The molecule has 6 heteroatoms. The van der Waals surface area contributed by atoms with Gasteiger partial charge < -0.3 is 0 Å². The van der Waals surface area contributed by atoms with Crippen molar-refractivity contribution in [3.8, 4) is 11.4 Å². The highest BCUT2D eigenvalue weighted by molar-refractivity contribution is 9.10. The minimum atomic E-state index is -0.402. The lowest BCUT2D eigenvalue weighted by atomic mass is 9.91. The van der Waals surface area contributed by atoms with Gasteiger partial charge in [-0.1, -0.05) is 48.8 Å². The van der Waals surface area contributed by atoms with Crippen LogP contribution in [0.5, 0.6) is 0 Å². The summed E-state index contributed by atoms with van der Waals surface area (Å²) < 4.78 is 0.900. The second-order valence-electron chi connectivity index (χ2n) is 5.30. The molecule has 2 aromatic rings. The summed E-state index contributed by atoms with van der Waals surface area (Å²) >= 11 is 3.44. The van der Waals surface area contributed by atoms with Gasteiger partial charge in [0, 0.05) is 15.5 Å². The molecule has 5 nitrogen and oxygen atoms in total. The van der Waals surface area contributed by atoms with E-state index in [4.69, 9.17) is 0 Å². The molecule has 0 atom stereocenters. The van der Waals surface area contributed by atoms with Crippen LogP contribution in [0.3, 0.4) is 0 Å². The van der Waals surface area contributed by atoms with Gasteiger partial charge in [-0.25, -0.2) is 0 Å². The van der Waals surface area contributed by atoms with Gasteiger partial charge in [0.05, 0.1) is 0 Å². The third-order valence-corrected chi connectivity index (χ3v) is 3.38. The molecule has 0 aliphatic heterocycles. The first kappa shape index (κ1) is 13.9. The summed E-state index contributed by atoms with van der Waals surface area (Å²) in [6.45, 7) is 5.77. The molecule has 0 aliphatic carbocycles. The first-order valence-corrected chi connectivity index (χ1v) is 6.73. The number of ketones is 1. The number of tetrazole rings is 1. The van der Waals surface area contributed by atoms with Crippen LogP contribution in [0.25, 0.3) is 11.4 Å². The Hall–Kier alpha value is -1.56. The molecule has 0 spiro atoms. The summed E-state index contributed by atoms with van der Waals surface area (Å²) in [5.41, 5.74) is 0.457. The fraction of sp³-hybridized carbons (Fsp3) is 0.385. The van der Waals surface area contributed by atoms with E-state index in [-0.39, 0.29) is 12.3 Å². The molecule has 19 heavy (non-hydrogen) atoms. The van der Waals surface area contributed by atoms with E-state index in [1.807, 2.05) is 45.0 Å². The molecule has 100 valence electrons. The highest BCUT2D eigenvalue weighted by Gasteiger charge is 2.22. The maximum atomic E-state index is 11.9. The maximum Gasteiger partial charge on any atom is 0.206 e. The summed E-state index contributed by atoms with van der Waals surface area (Å²) in [6, 6.07) is 7.63. The molecule has 0 unspecified atom stereocenters. The number of Topliss-reactive ketones (excluding diaryl/α,β-unsaturated/α-hetero) is 1. The van der Waals surface area contributed by atoms with Crippen LogP contribution >= 0.6 is 15.9 Å². The van der Waals surface area contributed by atoms with Gasteiger partial charge in [-0.2, -0.15) is 4.80 Å². The Morgan fingerprint density at radius 2 is 2.00 bits per heavy atom. The first-order valence-electron chi connectivity index (χ1n) is 5.94. The number of hydrogen-bond donors (Lipinski definition) is 0. The van der Waals surface area contributed by atoms with Gasteiger partial charge in [0.1, 0.15) is 6.54 Å². The van der Waals surface area contributed by atoms with Crippen LogP contribution in [0.15, 0.2) is 28.7 Å². The molecule has 0 bridgehead atoms. The number of rotatable bonds is 3. The van der Waals surface area contributed by atoms with E-state index in [0.29, 0.717) is 5.82 Å². The molecule has 0 fully saturated rings. The molecule has 1 aromatic heterocycles. The quantitative estimate of drug-likeness (QED) is 0.871.